The Morgan fingerprint density at radius 2 is 1.84 bits per heavy atom. The van der Waals surface area contributed by atoms with Crippen LogP contribution in [0.3, 0.4) is 0 Å². The highest BCUT2D eigenvalue weighted by molar-refractivity contribution is 6.04. The van der Waals surface area contributed by atoms with Crippen LogP contribution in [-0.4, -0.2) is 51.8 Å². The zero-order valence-electron chi connectivity index (χ0n) is 18.0. The second kappa shape index (κ2) is 9.48. The van der Waals surface area contributed by atoms with Crippen LogP contribution >= 0.6 is 0 Å². The molecule has 0 spiro atoms. The quantitative estimate of drug-likeness (QED) is 0.591. The second-order valence-electron chi connectivity index (χ2n) is 7.87. The van der Waals surface area contributed by atoms with Crippen molar-refractivity contribution in [2.24, 2.45) is 0 Å². The van der Waals surface area contributed by atoms with Gasteiger partial charge in [0.1, 0.15) is 17.2 Å². The maximum Gasteiger partial charge on any atom is 0.347 e. The Kier molecular flexibility index (Phi) is 6.50. The number of pyridine rings is 2. The normalized spacial score (nSPS) is 14.6. The third-order valence-electron chi connectivity index (χ3n) is 5.84. The van der Waals surface area contributed by atoms with Crippen LogP contribution in [0.2, 0.25) is 0 Å². The summed E-state index contributed by atoms with van der Waals surface area (Å²) in [5, 5.41) is 11.3. The Morgan fingerprint density at radius 1 is 1.12 bits per heavy atom. The molecule has 3 heterocycles. The minimum absolute atomic E-state index is 0.0708. The molecule has 0 amide bonds. The zero-order chi connectivity index (χ0) is 22.7. The minimum atomic E-state index is -0.877. The molecule has 0 unspecified atom stereocenters. The van der Waals surface area contributed by atoms with E-state index >= 15 is 0 Å². The largest absolute Gasteiger partial charge is 0.506 e. The van der Waals surface area contributed by atoms with E-state index in [1.165, 1.54) is 23.1 Å². The maximum absolute atomic E-state index is 13.5. The van der Waals surface area contributed by atoms with Gasteiger partial charge in [0, 0.05) is 19.3 Å². The van der Waals surface area contributed by atoms with E-state index in [1.54, 1.807) is 31.3 Å². The molecule has 3 aromatic rings. The fourth-order valence-electron chi connectivity index (χ4n) is 4.24. The highest BCUT2D eigenvalue weighted by atomic mass is 19.1. The lowest BCUT2D eigenvalue weighted by Crippen LogP contribution is -2.36. The minimum Gasteiger partial charge on any atom is -0.506 e. The van der Waals surface area contributed by atoms with E-state index in [-0.39, 0.29) is 23.5 Å². The molecule has 1 fully saturated rings. The molecule has 0 radical (unpaired) electrons. The van der Waals surface area contributed by atoms with Crippen LogP contribution < -0.4 is 5.56 Å². The number of nitrogens with zero attached hydrogens (tertiary/aromatic N) is 3. The number of halogens is 1. The van der Waals surface area contributed by atoms with Gasteiger partial charge in [0.25, 0.3) is 5.56 Å². The number of esters is 1. The number of fused-ring (bicyclic) bond motifs is 1. The first-order valence-corrected chi connectivity index (χ1v) is 10.9. The van der Waals surface area contributed by atoms with E-state index in [9.17, 15) is 19.1 Å². The number of hydrogen-bond donors (Lipinski definition) is 1. The predicted octanol–water partition coefficient (Wildman–Crippen LogP) is 3.57. The standard InChI is InChI=1S/C24H26FN3O4/c1-2-32-24(31)20-21(29)19-18(16-6-8-17(25)9-7-16)10-11-26-22(19)28(23(20)30)15-14-27-12-4-3-5-13-27/h6-11,29H,2-5,12-15H2,1H3. The van der Waals surface area contributed by atoms with Crippen LogP contribution in [0.25, 0.3) is 22.2 Å². The van der Waals surface area contributed by atoms with Crippen LogP contribution in [0.4, 0.5) is 4.39 Å². The molecule has 4 rings (SSSR count). The molecule has 1 aliphatic rings. The SMILES string of the molecule is CCOC(=O)c1c(O)c2c(-c3ccc(F)cc3)ccnc2n(CCN2CCCCC2)c1=O. The van der Waals surface area contributed by atoms with Gasteiger partial charge in [0.05, 0.1) is 12.0 Å². The second-order valence-corrected chi connectivity index (χ2v) is 7.87. The summed E-state index contributed by atoms with van der Waals surface area (Å²) >= 11 is 0. The molecule has 1 aliphatic heterocycles. The molecule has 0 aliphatic carbocycles. The van der Waals surface area contributed by atoms with Gasteiger partial charge in [-0.2, -0.15) is 0 Å². The zero-order valence-corrected chi connectivity index (χ0v) is 18.0. The fraction of sp³-hybridized carbons (Fsp3) is 0.375. The summed E-state index contributed by atoms with van der Waals surface area (Å²) in [5.74, 6) is -1.73. The highest BCUT2D eigenvalue weighted by Gasteiger charge is 2.26. The summed E-state index contributed by atoms with van der Waals surface area (Å²) in [5.41, 5.74) is 0.415. The van der Waals surface area contributed by atoms with Gasteiger partial charge in [0.15, 0.2) is 5.56 Å². The highest BCUT2D eigenvalue weighted by Crippen LogP contribution is 2.35. The molecule has 7 nitrogen and oxygen atoms in total. The van der Waals surface area contributed by atoms with Crippen molar-refractivity contribution in [2.75, 3.05) is 26.2 Å². The van der Waals surface area contributed by atoms with E-state index in [2.05, 4.69) is 9.88 Å². The van der Waals surface area contributed by atoms with Crippen molar-refractivity contribution in [3.8, 4) is 16.9 Å². The summed E-state index contributed by atoms with van der Waals surface area (Å²) in [6.45, 7) is 4.58. The van der Waals surface area contributed by atoms with E-state index in [1.807, 2.05) is 0 Å². The van der Waals surface area contributed by atoms with E-state index in [4.69, 9.17) is 4.74 Å². The predicted molar refractivity (Wildman–Crippen MR) is 119 cm³/mol. The lowest BCUT2D eigenvalue weighted by atomic mass is 10.0. The fourth-order valence-corrected chi connectivity index (χ4v) is 4.24. The van der Waals surface area contributed by atoms with Gasteiger partial charge in [-0.05, 0) is 62.2 Å². The number of aromatic nitrogens is 2. The number of carbonyl (C=O) groups excluding carboxylic acids is 1. The number of ether oxygens (including phenoxy) is 1. The number of rotatable bonds is 6. The third kappa shape index (κ3) is 4.23. The number of piperidine rings is 1. The summed E-state index contributed by atoms with van der Waals surface area (Å²) in [7, 11) is 0. The Labute approximate surface area is 185 Å². The number of aromatic hydroxyl groups is 1. The monoisotopic (exact) mass is 439 g/mol. The first-order chi connectivity index (χ1) is 15.5. The number of likely N-dealkylation sites (tertiary alicyclic amines) is 1. The lowest BCUT2D eigenvalue weighted by molar-refractivity contribution is 0.0520. The van der Waals surface area contributed by atoms with E-state index in [0.29, 0.717) is 24.2 Å². The molecule has 0 atom stereocenters. The van der Waals surface area contributed by atoms with Crippen molar-refractivity contribution in [1.82, 2.24) is 14.5 Å². The first-order valence-electron chi connectivity index (χ1n) is 10.9. The van der Waals surface area contributed by atoms with Crippen LogP contribution in [0, 0.1) is 5.82 Å². The topological polar surface area (TPSA) is 84.7 Å². The molecule has 0 saturated carbocycles. The van der Waals surface area contributed by atoms with Crippen LogP contribution in [0.15, 0.2) is 41.3 Å². The third-order valence-corrected chi connectivity index (χ3v) is 5.84. The molecule has 1 N–H and O–H groups in total. The summed E-state index contributed by atoms with van der Waals surface area (Å²) < 4.78 is 20.0. The van der Waals surface area contributed by atoms with Crippen molar-refractivity contribution in [1.29, 1.82) is 0 Å². The first kappa shape index (κ1) is 22.0. The maximum atomic E-state index is 13.5. The average Bonchev–Trinajstić information content (AvgIpc) is 2.80. The number of hydrogen-bond acceptors (Lipinski definition) is 6. The molecule has 0 bridgehead atoms. The van der Waals surface area contributed by atoms with E-state index < -0.39 is 22.8 Å². The van der Waals surface area contributed by atoms with Crippen molar-refractivity contribution in [2.45, 2.75) is 32.7 Å². The molecule has 168 valence electrons. The molecular weight excluding hydrogens is 413 g/mol. The smallest absolute Gasteiger partial charge is 0.347 e. The van der Waals surface area contributed by atoms with Crippen LogP contribution in [0.5, 0.6) is 5.75 Å². The van der Waals surface area contributed by atoms with Crippen molar-refractivity contribution in [3.63, 3.8) is 0 Å². The number of carbonyl (C=O) groups is 1. The van der Waals surface area contributed by atoms with Gasteiger partial charge in [-0.1, -0.05) is 18.6 Å². The van der Waals surface area contributed by atoms with Gasteiger partial charge in [0.2, 0.25) is 0 Å². The molecule has 32 heavy (non-hydrogen) atoms. The number of benzene rings is 1. The summed E-state index contributed by atoms with van der Waals surface area (Å²) in [6.07, 6.45) is 4.98. The Hall–Kier alpha value is -3.26. The van der Waals surface area contributed by atoms with Crippen LogP contribution in [0.1, 0.15) is 36.5 Å². The van der Waals surface area contributed by atoms with E-state index in [0.717, 1.165) is 25.9 Å². The van der Waals surface area contributed by atoms with Gasteiger partial charge >= 0.3 is 5.97 Å². The molecule has 8 heteroatoms. The van der Waals surface area contributed by atoms with Gasteiger partial charge in [-0.15, -0.1) is 0 Å². The van der Waals surface area contributed by atoms with Crippen molar-refractivity contribution < 1.29 is 19.0 Å². The summed E-state index contributed by atoms with van der Waals surface area (Å²) in [6, 6.07) is 7.46. The molecule has 1 aromatic carbocycles. The lowest BCUT2D eigenvalue weighted by Gasteiger charge is -2.27. The molecule has 2 aromatic heterocycles. The Bertz CT molecular complexity index is 1180. The average molecular weight is 439 g/mol. The molecular formula is C24H26FN3O4. The van der Waals surface area contributed by atoms with Gasteiger partial charge in [-0.25, -0.2) is 14.2 Å². The summed E-state index contributed by atoms with van der Waals surface area (Å²) in [4.78, 5) is 32.5. The molecule has 1 saturated heterocycles. The Balaban J connectivity index is 1.90. The van der Waals surface area contributed by atoms with Gasteiger partial charge < -0.3 is 14.7 Å². The van der Waals surface area contributed by atoms with Gasteiger partial charge in [-0.3, -0.25) is 9.36 Å². The Morgan fingerprint density at radius 3 is 2.53 bits per heavy atom. The van der Waals surface area contributed by atoms with Crippen LogP contribution in [-0.2, 0) is 11.3 Å². The van der Waals surface area contributed by atoms with Crippen molar-refractivity contribution >= 4 is 17.0 Å². The van der Waals surface area contributed by atoms with Crippen molar-refractivity contribution in [3.05, 3.63) is 58.3 Å².